The van der Waals surface area contributed by atoms with E-state index in [0.717, 1.165) is 0 Å². The molecule has 18 heavy (non-hydrogen) atoms. The van der Waals surface area contributed by atoms with Crippen LogP contribution in [0.5, 0.6) is 0 Å². The number of primary sulfonamides is 1. The second-order valence-electron chi connectivity index (χ2n) is 3.37. The van der Waals surface area contributed by atoms with Crippen molar-refractivity contribution in [3.05, 3.63) is 22.7 Å². The van der Waals surface area contributed by atoms with E-state index < -0.39 is 10.0 Å². The molecule has 0 unspecified atom stereocenters. The fourth-order valence-electron chi connectivity index (χ4n) is 1.16. The number of nitrogens with one attached hydrogen (secondary N) is 1. The van der Waals surface area contributed by atoms with Crippen molar-refractivity contribution in [1.29, 1.82) is 0 Å². The van der Waals surface area contributed by atoms with E-state index in [0.29, 0.717) is 16.8 Å². The van der Waals surface area contributed by atoms with Crippen molar-refractivity contribution in [2.45, 2.75) is 11.8 Å². The lowest BCUT2D eigenvalue weighted by Gasteiger charge is -2.08. The molecule has 0 heterocycles. The number of carbonyl (C=O) groups excluding carboxylic acids is 1. The maximum Gasteiger partial charge on any atom is 0.250 e. The van der Waals surface area contributed by atoms with Gasteiger partial charge in [0.1, 0.15) is 6.61 Å². The average Bonchev–Trinajstić information content (AvgIpc) is 2.27. The molecule has 0 aliphatic heterocycles. The highest BCUT2D eigenvalue weighted by Crippen LogP contribution is 2.25. The fourth-order valence-corrected chi connectivity index (χ4v) is 2.32. The average molecular weight is 337 g/mol. The number of carbonyl (C=O) groups is 1. The minimum absolute atomic E-state index is 0.0304. The molecule has 0 saturated carbocycles. The van der Waals surface area contributed by atoms with E-state index in [1.165, 1.54) is 18.2 Å². The van der Waals surface area contributed by atoms with E-state index in [4.69, 9.17) is 9.88 Å². The van der Waals surface area contributed by atoms with Crippen LogP contribution in [-0.4, -0.2) is 27.5 Å². The van der Waals surface area contributed by atoms with Gasteiger partial charge in [0.05, 0.1) is 10.6 Å². The van der Waals surface area contributed by atoms with Gasteiger partial charge >= 0.3 is 0 Å². The third-order valence-corrected chi connectivity index (χ3v) is 3.55. The minimum atomic E-state index is -3.75. The number of halogens is 1. The molecular weight excluding hydrogens is 324 g/mol. The molecular formula is C10H13BrN2O4S. The van der Waals surface area contributed by atoms with E-state index >= 15 is 0 Å². The Morgan fingerprint density at radius 1 is 1.50 bits per heavy atom. The molecule has 8 heteroatoms. The SMILES string of the molecule is CCOCC(=O)Nc1ccc(S(N)(=O)=O)cc1Br. The van der Waals surface area contributed by atoms with Gasteiger partial charge in [-0.2, -0.15) is 0 Å². The second kappa shape index (κ2) is 6.28. The summed E-state index contributed by atoms with van der Waals surface area (Å²) in [5, 5.41) is 7.56. The lowest BCUT2D eigenvalue weighted by atomic mass is 10.3. The quantitative estimate of drug-likeness (QED) is 0.840. The first-order valence-corrected chi connectivity index (χ1v) is 7.38. The van der Waals surface area contributed by atoms with Crippen LogP contribution in [0.25, 0.3) is 0 Å². The molecule has 0 fully saturated rings. The number of amides is 1. The van der Waals surface area contributed by atoms with E-state index in [9.17, 15) is 13.2 Å². The highest BCUT2D eigenvalue weighted by Gasteiger charge is 2.11. The first kappa shape index (κ1) is 15.1. The van der Waals surface area contributed by atoms with Crippen LogP contribution in [0.15, 0.2) is 27.6 Å². The van der Waals surface area contributed by atoms with E-state index in [2.05, 4.69) is 21.2 Å². The molecule has 1 aromatic rings. The molecule has 100 valence electrons. The molecule has 0 aliphatic carbocycles. The molecule has 0 atom stereocenters. The van der Waals surface area contributed by atoms with Gasteiger partial charge in [-0.25, -0.2) is 13.6 Å². The Bertz CT molecular complexity index is 545. The highest BCUT2D eigenvalue weighted by atomic mass is 79.9. The van der Waals surface area contributed by atoms with Gasteiger partial charge in [0.2, 0.25) is 15.9 Å². The van der Waals surface area contributed by atoms with E-state index in [1.807, 2.05) is 0 Å². The van der Waals surface area contributed by atoms with Crippen molar-refractivity contribution in [3.63, 3.8) is 0 Å². The Morgan fingerprint density at radius 3 is 2.67 bits per heavy atom. The molecule has 1 rings (SSSR count). The van der Waals surface area contributed by atoms with Crippen LogP contribution < -0.4 is 10.5 Å². The van der Waals surface area contributed by atoms with Crippen LogP contribution in [0.3, 0.4) is 0 Å². The monoisotopic (exact) mass is 336 g/mol. The van der Waals surface area contributed by atoms with Gasteiger partial charge in [-0.1, -0.05) is 0 Å². The van der Waals surface area contributed by atoms with Crippen molar-refractivity contribution in [2.75, 3.05) is 18.5 Å². The molecule has 0 spiro atoms. The van der Waals surface area contributed by atoms with Crippen molar-refractivity contribution >= 4 is 37.5 Å². The fraction of sp³-hybridized carbons (Fsp3) is 0.300. The van der Waals surface area contributed by atoms with E-state index in [1.54, 1.807) is 6.92 Å². The van der Waals surface area contributed by atoms with Crippen LogP contribution in [0.1, 0.15) is 6.92 Å². The van der Waals surface area contributed by atoms with Gasteiger partial charge in [0.25, 0.3) is 0 Å². The zero-order valence-corrected chi connectivity index (χ0v) is 12.0. The number of rotatable bonds is 5. The molecule has 0 radical (unpaired) electrons. The molecule has 6 nitrogen and oxygen atoms in total. The summed E-state index contributed by atoms with van der Waals surface area (Å²) in [6, 6.07) is 4.09. The van der Waals surface area contributed by atoms with Gasteiger partial charge in [0, 0.05) is 11.1 Å². The topological polar surface area (TPSA) is 98.5 Å². The van der Waals surface area contributed by atoms with Crippen molar-refractivity contribution in [3.8, 4) is 0 Å². The van der Waals surface area contributed by atoms with Crippen LogP contribution in [0.4, 0.5) is 5.69 Å². The zero-order valence-electron chi connectivity index (χ0n) is 9.64. The summed E-state index contributed by atoms with van der Waals surface area (Å²) in [6.45, 7) is 2.17. The molecule has 1 amide bonds. The maximum atomic E-state index is 11.4. The predicted octanol–water partition coefficient (Wildman–Crippen LogP) is 1.07. The Balaban J connectivity index is 2.84. The van der Waals surface area contributed by atoms with Gasteiger partial charge in [-0.05, 0) is 41.1 Å². The summed E-state index contributed by atoms with van der Waals surface area (Å²) >= 11 is 3.16. The Labute approximate surface area is 114 Å². The second-order valence-corrected chi connectivity index (χ2v) is 5.79. The molecule has 0 bridgehead atoms. The van der Waals surface area contributed by atoms with Gasteiger partial charge in [-0.15, -0.1) is 0 Å². The summed E-state index contributed by atoms with van der Waals surface area (Å²) in [5.74, 6) is -0.319. The Morgan fingerprint density at radius 2 is 2.17 bits per heavy atom. The van der Waals surface area contributed by atoms with Gasteiger partial charge < -0.3 is 10.1 Å². The third kappa shape index (κ3) is 4.37. The minimum Gasteiger partial charge on any atom is -0.372 e. The number of nitrogens with two attached hydrogens (primary N) is 1. The first-order chi connectivity index (χ1) is 8.34. The number of hydrogen-bond acceptors (Lipinski definition) is 4. The normalized spacial score (nSPS) is 11.3. The summed E-state index contributed by atoms with van der Waals surface area (Å²) in [7, 11) is -3.75. The summed E-state index contributed by atoms with van der Waals surface area (Å²) < 4.78 is 27.6. The highest BCUT2D eigenvalue weighted by molar-refractivity contribution is 9.10. The standard InChI is InChI=1S/C10H13BrN2O4S/c1-2-17-6-10(14)13-9-4-3-7(5-8(9)11)18(12,15)16/h3-5H,2,6H2,1H3,(H,13,14)(H2,12,15,16). The third-order valence-electron chi connectivity index (χ3n) is 1.98. The maximum absolute atomic E-state index is 11.4. The van der Waals surface area contributed by atoms with Crippen LogP contribution in [0, 0.1) is 0 Å². The zero-order chi connectivity index (χ0) is 13.8. The lowest BCUT2D eigenvalue weighted by Crippen LogP contribution is -2.19. The van der Waals surface area contributed by atoms with Crippen molar-refractivity contribution in [2.24, 2.45) is 5.14 Å². The summed E-state index contributed by atoms with van der Waals surface area (Å²) in [4.78, 5) is 11.4. The number of sulfonamides is 1. The van der Waals surface area contributed by atoms with Gasteiger partial charge in [-0.3, -0.25) is 4.79 Å². The van der Waals surface area contributed by atoms with Crippen LogP contribution >= 0.6 is 15.9 Å². The largest absolute Gasteiger partial charge is 0.372 e. The van der Waals surface area contributed by atoms with E-state index in [-0.39, 0.29) is 17.4 Å². The van der Waals surface area contributed by atoms with Crippen molar-refractivity contribution in [1.82, 2.24) is 0 Å². The predicted molar refractivity (Wildman–Crippen MR) is 70.6 cm³/mol. The number of anilines is 1. The molecule has 3 N–H and O–H groups in total. The first-order valence-electron chi connectivity index (χ1n) is 5.04. The number of ether oxygens (including phenoxy) is 1. The number of hydrogen-bond donors (Lipinski definition) is 2. The molecule has 0 aromatic heterocycles. The molecule has 1 aromatic carbocycles. The Kier molecular flexibility index (Phi) is 5.27. The van der Waals surface area contributed by atoms with Crippen molar-refractivity contribution < 1.29 is 17.9 Å². The smallest absolute Gasteiger partial charge is 0.250 e. The summed E-state index contributed by atoms with van der Waals surface area (Å²) in [5.41, 5.74) is 0.451. The van der Waals surface area contributed by atoms with Gasteiger partial charge in [0.15, 0.2) is 0 Å². The van der Waals surface area contributed by atoms with Crippen LogP contribution in [-0.2, 0) is 19.6 Å². The molecule has 0 aliphatic rings. The Hall–Kier alpha value is -0.960. The lowest BCUT2D eigenvalue weighted by molar-refractivity contribution is -0.120. The number of benzene rings is 1. The molecule has 0 saturated heterocycles. The summed E-state index contributed by atoms with van der Waals surface area (Å²) in [6.07, 6.45) is 0. The van der Waals surface area contributed by atoms with Crippen LogP contribution in [0.2, 0.25) is 0 Å².